The Hall–Kier alpha value is -1.20. The summed E-state index contributed by atoms with van der Waals surface area (Å²) < 4.78 is 74.2. The van der Waals surface area contributed by atoms with Gasteiger partial charge in [-0.05, 0) is 60.5 Å². The first-order chi connectivity index (χ1) is 17.4. The van der Waals surface area contributed by atoms with Crippen molar-refractivity contribution in [2.75, 3.05) is 0 Å². The van der Waals surface area contributed by atoms with Crippen molar-refractivity contribution < 1.29 is 90.2 Å². The molecule has 2 aliphatic rings. The van der Waals surface area contributed by atoms with E-state index in [1.807, 2.05) is 30.7 Å². The van der Waals surface area contributed by atoms with E-state index in [4.69, 9.17) is 0 Å². The van der Waals surface area contributed by atoms with Gasteiger partial charge in [-0.2, -0.15) is 10.2 Å². The van der Waals surface area contributed by atoms with Crippen LogP contribution in [0.15, 0.2) is 97.8 Å². The molecule has 0 saturated carbocycles. The van der Waals surface area contributed by atoms with Crippen LogP contribution in [0.5, 0.6) is 0 Å². The average molecular weight is 603 g/mol. The van der Waals surface area contributed by atoms with Gasteiger partial charge in [0.25, 0.3) is 0 Å². The minimum absolute atomic E-state index is 0. The van der Waals surface area contributed by atoms with E-state index >= 15 is 0 Å². The molecule has 0 bridgehead atoms. The van der Waals surface area contributed by atoms with Crippen LogP contribution in [0, 0.1) is 6.92 Å². The van der Waals surface area contributed by atoms with Crippen molar-refractivity contribution in [3.8, 4) is 0 Å². The smallest absolute Gasteiger partial charge is 0.746 e. The first kappa shape index (κ1) is 32.3. The number of aliphatic hydroxyl groups is 1. The molecule has 1 aliphatic carbocycles. The molecule has 1 heterocycles. The number of aliphatic imine (C=N–C) groups is 1. The molecule has 1 aliphatic heterocycles. The van der Waals surface area contributed by atoms with Crippen LogP contribution in [-0.4, -0.2) is 41.5 Å². The second-order valence-electron chi connectivity index (χ2n) is 8.41. The molecular weight excluding hydrogens is 584 g/mol. The predicted molar refractivity (Wildman–Crippen MR) is 136 cm³/mol. The Kier molecular flexibility index (Phi) is 9.60. The molecule has 0 aromatic heterocycles. The summed E-state index contributed by atoms with van der Waals surface area (Å²) in [7, 11) is -12.1. The van der Waals surface area contributed by atoms with Gasteiger partial charge in [-0.25, -0.2) is 21.8 Å². The number of aryl methyl sites for hydroxylation is 1. The van der Waals surface area contributed by atoms with E-state index in [0.717, 1.165) is 33.2 Å². The molecule has 0 saturated heterocycles. The van der Waals surface area contributed by atoms with Crippen LogP contribution >= 0.6 is 10.9 Å². The average Bonchev–Trinajstić information content (AvgIpc) is 3.26. The Morgan fingerprint density at radius 2 is 1.59 bits per heavy atom. The molecule has 5 rings (SSSR count). The van der Waals surface area contributed by atoms with Crippen molar-refractivity contribution in [1.29, 1.82) is 0 Å². The van der Waals surface area contributed by atoms with E-state index in [2.05, 4.69) is 15.2 Å². The standard InChI is InChI=1S/C24H20N3O7S3.2Na/c1-16-6-11-21-22(14-16)35(15-25-21)19-9-7-18(8-10-19)26-27-23(36(29,30)31)13-12-17-4-2-3-5-20(17)24(23,28)37(32,33)34;;/h2-15,28H,1H3,(H,29,30,31)(H,32,33,34);;/q;2*+1/p-2. The molecular formula is C24H18N3Na2O7S3. The van der Waals surface area contributed by atoms with E-state index in [1.165, 1.54) is 30.3 Å². The summed E-state index contributed by atoms with van der Waals surface area (Å²) in [4.78, 5) is -0.850. The zero-order valence-corrected chi connectivity index (χ0v) is 27.5. The Morgan fingerprint density at radius 3 is 2.23 bits per heavy atom. The third-order valence-electron chi connectivity index (χ3n) is 6.10. The number of benzene rings is 3. The normalized spacial score (nSPS) is 22.2. The van der Waals surface area contributed by atoms with Crippen molar-refractivity contribution >= 4 is 54.1 Å². The van der Waals surface area contributed by atoms with Gasteiger partial charge in [0.1, 0.15) is 20.2 Å². The van der Waals surface area contributed by atoms with Crippen molar-refractivity contribution in [3.05, 3.63) is 89.5 Å². The first-order valence-electron chi connectivity index (χ1n) is 10.7. The number of hydrogen-bond donors (Lipinski definition) is 1. The molecule has 0 fully saturated rings. The van der Waals surface area contributed by atoms with E-state index < -0.39 is 46.5 Å². The van der Waals surface area contributed by atoms with Crippen LogP contribution in [0.3, 0.4) is 0 Å². The van der Waals surface area contributed by atoms with Crippen LogP contribution < -0.4 is 59.1 Å². The fourth-order valence-electron chi connectivity index (χ4n) is 4.23. The van der Waals surface area contributed by atoms with Gasteiger partial charge in [-0.3, -0.25) is 0 Å². The minimum atomic E-state index is -5.88. The van der Waals surface area contributed by atoms with E-state index in [9.17, 15) is 31.0 Å². The SMILES string of the molecule is Cc1ccc2c(c1)[S](c1ccc(N=NC3(S(=O)(=O)[O-])C=Cc4ccccc4C3(O)S(=O)(=O)[O-])cc1)C=N2.[Na+].[Na+]. The number of fused-ring (bicyclic) bond motifs is 2. The topological polar surface area (TPSA) is 172 Å². The summed E-state index contributed by atoms with van der Waals surface area (Å²) in [6, 6.07) is 17.5. The number of hydrogen-bond acceptors (Lipinski definition) is 10. The Labute approximate surface area is 272 Å². The monoisotopic (exact) mass is 602 g/mol. The van der Waals surface area contributed by atoms with Gasteiger partial charge in [0, 0.05) is 15.4 Å². The van der Waals surface area contributed by atoms with Gasteiger partial charge in [0.2, 0.25) is 9.80 Å². The summed E-state index contributed by atoms with van der Waals surface area (Å²) in [6.07, 6.45) is 1.69. The maximum absolute atomic E-state index is 12.4. The fourth-order valence-corrected chi connectivity index (χ4v) is 8.38. The van der Waals surface area contributed by atoms with Gasteiger partial charge in [0.15, 0.2) is 0 Å². The number of rotatable bonds is 5. The molecule has 0 spiro atoms. The Morgan fingerprint density at radius 1 is 0.923 bits per heavy atom. The molecule has 2 atom stereocenters. The summed E-state index contributed by atoms with van der Waals surface area (Å²) >= 11 is 0. The van der Waals surface area contributed by atoms with Crippen LogP contribution in [0.2, 0.25) is 0 Å². The van der Waals surface area contributed by atoms with E-state index in [0.29, 0.717) is 6.08 Å². The summed E-state index contributed by atoms with van der Waals surface area (Å²) in [5.41, 5.74) is 3.29. The van der Waals surface area contributed by atoms with Crippen molar-refractivity contribution in [1.82, 2.24) is 0 Å². The number of azo groups is 1. The van der Waals surface area contributed by atoms with Crippen LogP contribution in [0.25, 0.3) is 6.08 Å². The first-order valence-corrected chi connectivity index (χ1v) is 14.8. The second-order valence-corrected chi connectivity index (χ2v) is 13.2. The molecule has 191 valence electrons. The zero-order valence-electron chi connectivity index (χ0n) is 21.0. The van der Waals surface area contributed by atoms with Gasteiger partial charge in [0.05, 0.1) is 16.9 Å². The largest absolute Gasteiger partial charge is 1.00 e. The second kappa shape index (κ2) is 11.6. The van der Waals surface area contributed by atoms with Crippen molar-refractivity contribution in [2.45, 2.75) is 26.5 Å². The van der Waals surface area contributed by atoms with E-state index in [1.54, 1.807) is 12.1 Å². The van der Waals surface area contributed by atoms with Gasteiger partial charge >= 0.3 is 59.1 Å². The van der Waals surface area contributed by atoms with Gasteiger partial charge in [-0.1, -0.05) is 36.4 Å². The van der Waals surface area contributed by atoms with Crippen LogP contribution in [0.4, 0.5) is 11.4 Å². The minimum Gasteiger partial charge on any atom is -0.746 e. The van der Waals surface area contributed by atoms with E-state index in [-0.39, 0.29) is 70.4 Å². The number of nitrogens with zero attached hydrogens (tertiary/aromatic N) is 3. The molecule has 15 heteroatoms. The summed E-state index contributed by atoms with van der Waals surface area (Å²) in [5.74, 6) is 0. The van der Waals surface area contributed by atoms with Gasteiger partial charge in [-0.15, -0.1) is 10.9 Å². The third-order valence-corrected chi connectivity index (χ3v) is 10.7. The molecule has 1 N–H and O–H groups in total. The van der Waals surface area contributed by atoms with Crippen molar-refractivity contribution in [3.63, 3.8) is 0 Å². The molecule has 3 aromatic carbocycles. The molecule has 3 aromatic rings. The molecule has 0 amide bonds. The predicted octanol–water partition coefficient (Wildman–Crippen LogP) is -1.89. The fraction of sp³-hybridized carbons (Fsp3) is 0.125. The maximum Gasteiger partial charge on any atom is 1.00 e. The molecule has 2 unspecified atom stereocenters. The van der Waals surface area contributed by atoms with Crippen molar-refractivity contribution in [2.24, 2.45) is 15.2 Å². The van der Waals surface area contributed by atoms with Crippen LogP contribution in [0.1, 0.15) is 16.7 Å². The third kappa shape index (κ3) is 5.41. The maximum atomic E-state index is 12.4. The molecule has 39 heavy (non-hydrogen) atoms. The molecule has 10 nitrogen and oxygen atoms in total. The zero-order chi connectivity index (χ0) is 26.6. The summed E-state index contributed by atoms with van der Waals surface area (Å²) in [6.45, 7) is 1.98. The van der Waals surface area contributed by atoms with Gasteiger partial charge < -0.3 is 14.2 Å². The Balaban J connectivity index is 0.00000210. The molecule has 1 radical (unpaired) electrons. The van der Waals surface area contributed by atoms with Crippen LogP contribution in [-0.2, 0) is 25.2 Å². The quantitative estimate of drug-likeness (QED) is 0.202. The summed E-state index contributed by atoms with van der Waals surface area (Å²) in [5, 5.41) is 18.5. The Bertz CT molecular complexity index is 1730.